The lowest BCUT2D eigenvalue weighted by atomic mass is 10.2. The number of aromatic nitrogens is 2. The Kier molecular flexibility index (Phi) is 1.43. The molecule has 0 aromatic carbocycles. The van der Waals surface area contributed by atoms with E-state index in [2.05, 4.69) is 9.97 Å². The molecule has 0 saturated heterocycles. The smallest absolute Gasteiger partial charge is 0.159 e. The third-order valence-electron chi connectivity index (χ3n) is 1.70. The van der Waals surface area contributed by atoms with Crippen molar-refractivity contribution in [2.45, 2.75) is 6.92 Å². The van der Waals surface area contributed by atoms with Crippen LogP contribution >= 0.6 is 0 Å². The van der Waals surface area contributed by atoms with Crippen molar-refractivity contribution in [3.8, 4) is 0 Å². The average Bonchev–Trinajstić information content (AvgIpc) is 2.05. The van der Waals surface area contributed by atoms with Gasteiger partial charge in [-0.15, -0.1) is 0 Å². The molecule has 0 saturated carbocycles. The highest BCUT2D eigenvalue weighted by atomic mass is 14.8. The highest BCUT2D eigenvalue weighted by Crippen LogP contribution is 2.12. The maximum Gasteiger partial charge on any atom is 0.159 e. The van der Waals surface area contributed by atoms with Crippen LogP contribution in [0.1, 0.15) is 5.69 Å². The standard InChI is InChI=1S/C9H9N3/c1-6-2-3-7-4-8(10)5-11-9(7)12-6/h2-5H,10H2,1H3. The van der Waals surface area contributed by atoms with Crippen molar-refractivity contribution < 1.29 is 0 Å². The highest BCUT2D eigenvalue weighted by Gasteiger charge is 1.95. The number of nitrogens with two attached hydrogens (primary N) is 1. The summed E-state index contributed by atoms with van der Waals surface area (Å²) in [5, 5.41) is 0.987. The Morgan fingerprint density at radius 2 is 2.17 bits per heavy atom. The minimum absolute atomic E-state index is 0.674. The fraction of sp³-hybridized carbons (Fsp3) is 0.111. The van der Waals surface area contributed by atoms with E-state index < -0.39 is 0 Å². The van der Waals surface area contributed by atoms with E-state index in [1.54, 1.807) is 6.20 Å². The zero-order chi connectivity index (χ0) is 8.55. The molecular weight excluding hydrogens is 150 g/mol. The first-order chi connectivity index (χ1) is 5.75. The molecule has 0 aliphatic rings. The zero-order valence-electron chi connectivity index (χ0n) is 6.78. The summed E-state index contributed by atoms with van der Waals surface area (Å²) in [6.45, 7) is 1.94. The van der Waals surface area contributed by atoms with E-state index in [0.29, 0.717) is 5.69 Å². The topological polar surface area (TPSA) is 51.8 Å². The molecule has 3 heteroatoms. The lowest BCUT2D eigenvalue weighted by Crippen LogP contribution is -1.90. The average molecular weight is 159 g/mol. The molecular formula is C9H9N3. The molecule has 2 aromatic rings. The molecule has 0 aliphatic carbocycles. The number of rotatable bonds is 0. The molecule has 2 rings (SSSR count). The molecule has 2 aromatic heterocycles. The van der Waals surface area contributed by atoms with E-state index in [1.807, 2.05) is 25.1 Å². The third kappa shape index (κ3) is 1.09. The summed E-state index contributed by atoms with van der Waals surface area (Å²) >= 11 is 0. The Labute approximate surface area is 70.3 Å². The number of pyridine rings is 2. The molecule has 0 bridgehead atoms. The fourth-order valence-corrected chi connectivity index (χ4v) is 1.12. The fourth-order valence-electron chi connectivity index (χ4n) is 1.12. The van der Waals surface area contributed by atoms with E-state index in [0.717, 1.165) is 16.7 Å². The maximum atomic E-state index is 5.57. The summed E-state index contributed by atoms with van der Waals surface area (Å²) in [6, 6.07) is 5.79. The van der Waals surface area contributed by atoms with Gasteiger partial charge in [0.25, 0.3) is 0 Å². The van der Waals surface area contributed by atoms with Gasteiger partial charge in [-0.25, -0.2) is 9.97 Å². The van der Waals surface area contributed by atoms with Gasteiger partial charge in [-0.3, -0.25) is 0 Å². The number of hydrogen-bond donors (Lipinski definition) is 1. The molecule has 12 heavy (non-hydrogen) atoms. The Balaban J connectivity index is 2.79. The highest BCUT2D eigenvalue weighted by molar-refractivity contribution is 5.77. The summed E-state index contributed by atoms with van der Waals surface area (Å²) in [7, 11) is 0. The van der Waals surface area contributed by atoms with E-state index in [-0.39, 0.29) is 0 Å². The summed E-state index contributed by atoms with van der Waals surface area (Å²) in [4.78, 5) is 8.36. The summed E-state index contributed by atoms with van der Waals surface area (Å²) < 4.78 is 0. The Bertz CT molecular complexity index is 382. The summed E-state index contributed by atoms with van der Waals surface area (Å²) in [5.41, 5.74) is 7.97. The second-order valence-electron chi connectivity index (χ2n) is 2.77. The van der Waals surface area contributed by atoms with Crippen LogP contribution in [0.4, 0.5) is 5.69 Å². The van der Waals surface area contributed by atoms with Gasteiger partial charge in [0.2, 0.25) is 0 Å². The van der Waals surface area contributed by atoms with Crippen molar-refractivity contribution in [3.05, 3.63) is 30.1 Å². The van der Waals surface area contributed by atoms with Gasteiger partial charge >= 0.3 is 0 Å². The Hall–Kier alpha value is -1.64. The number of hydrogen-bond acceptors (Lipinski definition) is 3. The quantitative estimate of drug-likeness (QED) is 0.634. The van der Waals surface area contributed by atoms with Gasteiger partial charge in [0.15, 0.2) is 5.65 Å². The minimum atomic E-state index is 0.674. The van der Waals surface area contributed by atoms with Crippen molar-refractivity contribution in [1.82, 2.24) is 9.97 Å². The number of aryl methyl sites for hydroxylation is 1. The molecule has 0 radical (unpaired) electrons. The Morgan fingerprint density at radius 3 is 3.00 bits per heavy atom. The Morgan fingerprint density at radius 1 is 1.33 bits per heavy atom. The van der Waals surface area contributed by atoms with E-state index in [1.165, 1.54) is 0 Å². The van der Waals surface area contributed by atoms with E-state index in [4.69, 9.17) is 5.73 Å². The van der Waals surface area contributed by atoms with Crippen LogP contribution in [0.15, 0.2) is 24.4 Å². The molecule has 0 unspecified atom stereocenters. The van der Waals surface area contributed by atoms with Crippen LogP contribution in [0.2, 0.25) is 0 Å². The van der Waals surface area contributed by atoms with Crippen molar-refractivity contribution in [1.29, 1.82) is 0 Å². The minimum Gasteiger partial charge on any atom is -0.397 e. The molecule has 0 fully saturated rings. The molecule has 0 atom stereocenters. The molecule has 2 N–H and O–H groups in total. The first-order valence-corrected chi connectivity index (χ1v) is 3.74. The SMILES string of the molecule is Cc1ccc2cc(N)cnc2n1. The second kappa shape index (κ2) is 2.44. The first-order valence-electron chi connectivity index (χ1n) is 3.74. The molecule has 2 heterocycles. The first kappa shape index (κ1) is 7.03. The third-order valence-corrected chi connectivity index (χ3v) is 1.70. The van der Waals surface area contributed by atoms with Gasteiger partial charge in [-0.1, -0.05) is 0 Å². The zero-order valence-corrected chi connectivity index (χ0v) is 6.78. The monoisotopic (exact) mass is 159 g/mol. The van der Waals surface area contributed by atoms with E-state index >= 15 is 0 Å². The molecule has 0 aliphatic heterocycles. The number of nitrogen functional groups attached to an aromatic ring is 1. The van der Waals surface area contributed by atoms with Gasteiger partial charge in [-0.2, -0.15) is 0 Å². The van der Waals surface area contributed by atoms with Crippen LogP contribution in [-0.4, -0.2) is 9.97 Å². The van der Waals surface area contributed by atoms with Crippen molar-refractivity contribution in [2.24, 2.45) is 0 Å². The maximum absolute atomic E-state index is 5.57. The summed E-state index contributed by atoms with van der Waals surface area (Å²) in [5.74, 6) is 0. The van der Waals surface area contributed by atoms with Crippen molar-refractivity contribution in [3.63, 3.8) is 0 Å². The second-order valence-corrected chi connectivity index (χ2v) is 2.77. The van der Waals surface area contributed by atoms with Crippen molar-refractivity contribution >= 4 is 16.7 Å². The number of anilines is 1. The van der Waals surface area contributed by atoms with Crippen LogP contribution in [0.25, 0.3) is 11.0 Å². The van der Waals surface area contributed by atoms with Gasteiger partial charge in [-0.05, 0) is 25.1 Å². The lowest BCUT2D eigenvalue weighted by molar-refractivity contribution is 1.20. The predicted molar refractivity (Wildman–Crippen MR) is 48.7 cm³/mol. The van der Waals surface area contributed by atoms with Crippen LogP contribution in [-0.2, 0) is 0 Å². The predicted octanol–water partition coefficient (Wildman–Crippen LogP) is 1.52. The molecule has 3 nitrogen and oxygen atoms in total. The van der Waals surface area contributed by atoms with Crippen LogP contribution < -0.4 is 5.73 Å². The van der Waals surface area contributed by atoms with Crippen molar-refractivity contribution in [2.75, 3.05) is 5.73 Å². The number of fused-ring (bicyclic) bond motifs is 1. The van der Waals surface area contributed by atoms with Gasteiger partial charge in [0.1, 0.15) is 0 Å². The van der Waals surface area contributed by atoms with Crippen LogP contribution in [0, 0.1) is 6.92 Å². The largest absolute Gasteiger partial charge is 0.397 e. The van der Waals surface area contributed by atoms with Gasteiger partial charge < -0.3 is 5.73 Å². The normalized spacial score (nSPS) is 10.4. The van der Waals surface area contributed by atoms with Gasteiger partial charge in [0, 0.05) is 11.1 Å². The molecule has 0 spiro atoms. The number of nitrogens with zero attached hydrogens (tertiary/aromatic N) is 2. The lowest BCUT2D eigenvalue weighted by Gasteiger charge is -1.98. The van der Waals surface area contributed by atoms with Crippen LogP contribution in [0.3, 0.4) is 0 Å². The van der Waals surface area contributed by atoms with E-state index in [9.17, 15) is 0 Å². The molecule has 60 valence electrons. The summed E-state index contributed by atoms with van der Waals surface area (Å²) in [6.07, 6.45) is 1.62. The van der Waals surface area contributed by atoms with Gasteiger partial charge in [0.05, 0.1) is 11.9 Å². The van der Waals surface area contributed by atoms with Crippen LogP contribution in [0.5, 0.6) is 0 Å². The molecule has 0 amide bonds.